The number of hydrogen-bond donors (Lipinski definition) is 2. The number of primary amides is 1. The van der Waals surface area contributed by atoms with Crippen molar-refractivity contribution in [3.63, 3.8) is 0 Å². The van der Waals surface area contributed by atoms with Gasteiger partial charge >= 0.3 is 0 Å². The molecule has 0 radical (unpaired) electrons. The van der Waals surface area contributed by atoms with Crippen molar-refractivity contribution < 1.29 is 4.79 Å². The second-order valence-electron chi connectivity index (χ2n) is 5.80. The Labute approximate surface area is 126 Å². The van der Waals surface area contributed by atoms with Gasteiger partial charge in [0.25, 0.3) is 0 Å². The van der Waals surface area contributed by atoms with Gasteiger partial charge in [-0.25, -0.2) is 9.97 Å². The summed E-state index contributed by atoms with van der Waals surface area (Å²) in [5.74, 6) is 2.37. The molecule has 3 N–H and O–H groups in total. The lowest BCUT2D eigenvalue weighted by Gasteiger charge is -2.24. The molecule has 1 aromatic heterocycles. The minimum absolute atomic E-state index is 0.238. The van der Waals surface area contributed by atoms with Crippen molar-refractivity contribution in [2.45, 2.75) is 52.0 Å². The summed E-state index contributed by atoms with van der Waals surface area (Å²) in [7, 11) is 0. The Kier molecular flexibility index (Phi) is 4.98. The van der Waals surface area contributed by atoms with E-state index in [9.17, 15) is 4.79 Å². The van der Waals surface area contributed by atoms with Gasteiger partial charge in [-0.05, 0) is 19.3 Å². The van der Waals surface area contributed by atoms with Crippen LogP contribution in [0.2, 0.25) is 0 Å². The summed E-state index contributed by atoms with van der Waals surface area (Å²) in [6.45, 7) is 7.93. The maximum Gasteiger partial charge on any atom is 0.240 e. The second kappa shape index (κ2) is 6.74. The number of carbonyl (C=O) groups is 1. The molecule has 116 valence electrons. The van der Waals surface area contributed by atoms with E-state index < -0.39 is 0 Å². The maximum atomic E-state index is 11.6. The highest BCUT2D eigenvalue weighted by molar-refractivity contribution is 5.84. The van der Waals surface area contributed by atoms with Gasteiger partial charge in [0.15, 0.2) is 0 Å². The van der Waals surface area contributed by atoms with Crippen LogP contribution in [0, 0.1) is 0 Å². The van der Waals surface area contributed by atoms with Crippen molar-refractivity contribution in [2.24, 2.45) is 5.73 Å². The molecular weight excluding hydrogens is 266 g/mol. The molecule has 0 saturated carbocycles. The first-order valence-electron chi connectivity index (χ1n) is 7.71. The zero-order valence-electron chi connectivity index (χ0n) is 13.1. The van der Waals surface area contributed by atoms with Crippen LogP contribution in [0.5, 0.6) is 0 Å². The summed E-state index contributed by atoms with van der Waals surface area (Å²) >= 11 is 0. The Hall–Kier alpha value is -1.85. The number of hydrogen-bond acceptors (Lipinski definition) is 5. The van der Waals surface area contributed by atoms with E-state index in [-0.39, 0.29) is 17.9 Å². The van der Waals surface area contributed by atoms with Gasteiger partial charge < -0.3 is 16.0 Å². The number of aromatic nitrogens is 2. The van der Waals surface area contributed by atoms with Crippen LogP contribution in [0.1, 0.15) is 51.8 Å². The molecule has 6 heteroatoms. The van der Waals surface area contributed by atoms with Gasteiger partial charge in [0.1, 0.15) is 23.5 Å². The molecule has 1 atom stereocenters. The molecule has 0 aromatic carbocycles. The van der Waals surface area contributed by atoms with Gasteiger partial charge in [0.05, 0.1) is 0 Å². The first-order chi connectivity index (χ1) is 10.0. The molecule has 1 aliphatic rings. The first kappa shape index (κ1) is 15.5. The van der Waals surface area contributed by atoms with E-state index in [0.717, 1.165) is 49.8 Å². The second-order valence-corrected chi connectivity index (χ2v) is 5.80. The number of nitrogens with one attached hydrogen (secondary N) is 1. The fourth-order valence-electron chi connectivity index (χ4n) is 2.54. The Morgan fingerprint density at radius 1 is 1.52 bits per heavy atom. The predicted molar refractivity (Wildman–Crippen MR) is 84.5 cm³/mol. The molecule has 0 spiro atoms. The van der Waals surface area contributed by atoms with E-state index in [4.69, 9.17) is 5.73 Å². The van der Waals surface area contributed by atoms with Crippen LogP contribution in [-0.2, 0) is 4.79 Å². The lowest BCUT2D eigenvalue weighted by atomic mass is 10.2. The van der Waals surface area contributed by atoms with Crippen LogP contribution in [0.25, 0.3) is 0 Å². The van der Waals surface area contributed by atoms with Crippen LogP contribution >= 0.6 is 0 Å². The summed E-state index contributed by atoms with van der Waals surface area (Å²) in [6.07, 6.45) is 2.80. The van der Waals surface area contributed by atoms with Crippen LogP contribution in [-0.4, -0.2) is 35.0 Å². The molecule has 1 aliphatic heterocycles. The maximum absolute atomic E-state index is 11.6. The number of nitrogens with zero attached hydrogens (tertiary/aromatic N) is 3. The predicted octanol–water partition coefficient (Wildman–Crippen LogP) is 1.88. The van der Waals surface area contributed by atoms with Crippen molar-refractivity contribution in [1.82, 2.24) is 9.97 Å². The average molecular weight is 291 g/mol. The summed E-state index contributed by atoms with van der Waals surface area (Å²) in [4.78, 5) is 22.8. The van der Waals surface area contributed by atoms with E-state index in [1.807, 2.05) is 11.0 Å². The highest BCUT2D eigenvalue weighted by atomic mass is 16.1. The molecule has 0 bridgehead atoms. The summed E-state index contributed by atoms with van der Waals surface area (Å²) in [6, 6.07) is 1.67. The molecule has 1 unspecified atom stereocenters. The highest BCUT2D eigenvalue weighted by Crippen LogP contribution is 2.27. The third kappa shape index (κ3) is 3.62. The summed E-state index contributed by atoms with van der Waals surface area (Å²) in [5, 5.41) is 3.30. The quantitative estimate of drug-likeness (QED) is 0.836. The minimum Gasteiger partial charge on any atom is -0.370 e. The SMILES string of the molecule is CCCNc1cc(N2CCCC2C(N)=O)nc(C(C)C)n1. The lowest BCUT2D eigenvalue weighted by molar-refractivity contribution is -0.119. The van der Waals surface area contributed by atoms with E-state index >= 15 is 0 Å². The Morgan fingerprint density at radius 2 is 2.29 bits per heavy atom. The molecule has 1 saturated heterocycles. The monoisotopic (exact) mass is 291 g/mol. The van der Waals surface area contributed by atoms with Gasteiger partial charge in [-0.3, -0.25) is 4.79 Å². The molecule has 1 aromatic rings. The van der Waals surface area contributed by atoms with Crippen LogP contribution in [0.3, 0.4) is 0 Å². The smallest absolute Gasteiger partial charge is 0.240 e. The van der Waals surface area contributed by atoms with E-state index in [1.54, 1.807) is 0 Å². The van der Waals surface area contributed by atoms with Crippen molar-refractivity contribution >= 4 is 17.5 Å². The highest BCUT2D eigenvalue weighted by Gasteiger charge is 2.30. The van der Waals surface area contributed by atoms with Gasteiger partial charge in [0, 0.05) is 25.1 Å². The van der Waals surface area contributed by atoms with Crippen molar-refractivity contribution in [3.05, 3.63) is 11.9 Å². The van der Waals surface area contributed by atoms with Gasteiger partial charge in [-0.15, -0.1) is 0 Å². The molecule has 0 aliphatic carbocycles. The fraction of sp³-hybridized carbons (Fsp3) is 0.667. The van der Waals surface area contributed by atoms with Crippen LogP contribution in [0.4, 0.5) is 11.6 Å². The van der Waals surface area contributed by atoms with Gasteiger partial charge in [-0.1, -0.05) is 20.8 Å². The first-order valence-corrected chi connectivity index (χ1v) is 7.71. The van der Waals surface area contributed by atoms with Gasteiger partial charge in [0.2, 0.25) is 5.91 Å². The third-order valence-electron chi connectivity index (χ3n) is 3.68. The van der Waals surface area contributed by atoms with Crippen LogP contribution in [0.15, 0.2) is 6.07 Å². The van der Waals surface area contributed by atoms with E-state index in [1.165, 1.54) is 0 Å². The number of anilines is 2. The topological polar surface area (TPSA) is 84.1 Å². The molecule has 21 heavy (non-hydrogen) atoms. The molecule has 2 rings (SSSR count). The Morgan fingerprint density at radius 3 is 2.90 bits per heavy atom. The number of carbonyl (C=O) groups excluding carboxylic acids is 1. The molecule has 1 fully saturated rings. The van der Waals surface area contributed by atoms with Gasteiger partial charge in [-0.2, -0.15) is 0 Å². The number of nitrogens with two attached hydrogens (primary N) is 1. The third-order valence-corrected chi connectivity index (χ3v) is 3.68. The van der Waals surface area contributed by atoms with Crippen molar-refractivity contribution in [1.29, 1.82) is 0 Å². The summed E-state index contributed by atoms with van der Waals surface area (Å²) in [5.41, 5.74) is 5.50. The zero-order chi connectivity index (χ0) is 15.4. The average Bonchev–Trinajstić information content (AvgIpc) is 2.94. The van der Waals surface area contributed by atoms with Crippen molar-refractivity contribution in [3.8, 4) is 0 Å². The molecule has 6 nitrogen and oxygen atoms in total. The number of rotatable bonds is 6. The number of amides is 1. The van der Waals surface area contributed by atoms with E-state index in [0.29, 0.717) is 0 Å². The molecule has 2 heterocycles. The van der Waals surface area contributed by atoms with E-state index in [2.05, 4.69) is 36.1 Å². The molecule has 1 amide bonds. The normalized spacial score (nSPS) is 18.3. The van der Waals surface area contributed by atoms with Crippen molar-refractivity contribution in [2.75, 3.05) is 23.3 Å². The van der Waals surface area contributed by atoms with Crippen LogP contribution < -0.4 is 16.0 Å². The molecular formula is C15H25N5O. The standard InChI is InChI=1S/C15H25N5O/c1-4-7-17-12-9-13(19-15(18-12)10(2)3)20-8-5-6-11(20)14(16)21/h9-11H,4-8H2,1-3H3,(H2,16,21)(H,17,18,19). The minimum atomic E-state index is -0.278. The zero-order valence-corrected chi connectivity index (χ0v) is 13.1. The fourth-order valence-corrected chi connectivity index (χ4v) is 2.54. The summed E-state index contributed by atoms with van der Waals surface area (Å²) < 4.78 is 0. The Balaban J connectivity index is 2.32. The Bertz CT molecular complexity index is 503. The largest absolute Gasteiger partial charge is 0.370 e. The lowest BCUT2D eigenvalue weighted by Crippen LogP contribution is -2.41.